The number of hydrogen-bond acceptors (Lipinski definition) is 10. The molecule has 82 heavy (non-hydrogen) atoms. The number of aromatic nitrogens is 9. The highest BCUT2D eigenvalue weighted by Crippen LogP contribution is 2.57. The molecule has 0 saturated carbocycles. The first-order valence-electron chi connectivity index (χ1n) is 27.5. The number of nitrogens with zero attached hydrogens (tertiary/aromatic N) is 10. The number of fused-ring (bicyclic) bond motifs is 3. The number of hydrogen-bond donors (Lipinski definition) is 1. The van der Waals surface area contributed by atoms with Gasteiger partial charge < -0.3 is 24.0 Å². The number of rotatable bonds is 12. The first-order chi connectivity index (χ1) is 39.5. The lowest BCUT2D eigenvalue weighted by Gasteiger charge is -2.56. The van der Waals surface area contributed by atoms with Crippen molar-refractivity contribution in [1.29, 1.82) is 0 Å². The van der Waals surface area contributed by atoms with Gasteiger partial charge in [-0.15, -0.1) is 30.6 Å². The molecule has 0 bridgehead atoms. The molecule has 6 aromatic carbocycles. The summed E-state index contributed by atoms with van der Waals surface area (Å²) >= 11 is 43.4. The molecule has 1 saturated heterocycles. The van der Waals surface area contributed by atoms with Crippen LogP contribution >= 0.6 is 69.6 Å². The second-order valence-electron chi connectivity index (χ2n) is 22.1. The molecular formula is C62H58Cl6N11O3+. The molecule has 4 heterocycles. The molecule has 7 atom stereocenters. The van der Waals surface area contributed by atoms with Gasteiger partial charge in [0.1, 0.15) is 76.4 Å². The summed E-state index contributed by atoms with van der Waals surface area (Å²) in [5.41, 5.74) is 8.58. The van der Waals surface area contributed by atoms with Crippen molar-refractivity contribution in [2.75, 3.05) is 19.6 Å². The van der Waals surface area contributed by atoms with Gasteiger partial charge in [-0.25, -0.2) is 0 Å². The summed E-state index contributed by atoms with van der Waals surface area (Å²) in [6, 6.07) is 35.2. The van der Waals surface area contributed by atoms with Gasteiger partial charge in [-0.05, 0) is 179 Å². The Kier molecular flexibility index (Phi) is 14.6. The van der Waals surface area contributed by atoms with Crippen molar-refractivity contribution >= 4 is 69.6 Å². The van der Waals surface area contributed by atoms with Crippen molar-refractivity contribution in [1.82, 2.24) is 49.6 Å². The molecule has 1 aliphatic heterocycles. The van der Waals surface area contributed by atoms with E-state index in [0.717, 1.165) is 98.4 Å². The fourth-order valence-corrected chi connectivity index (χ4v) is 15.9. The van der Waals surface area contributed by atoms with Crippen LogP contribution in [0.15, 0.2) is 109 Å². The van der Waals surface area contributed by atoms with E-state index < -0.39 is 18.3 Å². The summed E-state index contributed by atoms with van der Waals surface area (Å²) in [4.78, 5) is 0. The van der Waals surface area contributed by atoms with Crippen LogP contribution in [0.3, 0.4) is 0 Å². The molecule has 9 aromatic rings. The zero-order chi connectivity index (χ0) is 56.9. The highest BCUT2D eigenvalue weighted by molar-refractivity contribution is 6.36. The van der Waals surface area contributed by atoms with Crippen molar-refractivity contribution in [3.05, 3.63) is 208 Å². The molecule has 20 heteroatoms. The SMILES string of the molecule is Cc1nnc(C)n1-c1ccc(O[C@@H]2c3cc(Cl)cc(Cl)c3C[C@H]2C2CNCCC[N+]2([C@H]2Cc3c(Cl)cc(Cl)cc3[C@H]2Oc2ccc(-n3c(C)nnc3C)cc2)[C@H]2Cc3c(Cl)cc(Cl)cc3[C@H]2Oc2ccc(-n3c(C)nnc3C)cc2)cc1. The van der Waals surface area contributed by atoms with E-state index in [4.69, 9.17) is 83.8 Å². The van der Waals surface area contributed by atoms with Crippen molar-refractivity contribution < 1.29 is 18.7 Å². The predicted octanol–water partition coefficient (Wildman–Crippen LogP) is 14.2. The van der Waals surface area contributed by atoms with Crippen LogP contribution in [0, 0.1) is 47.5 Å². The fourth-order valence-electron chi connectivity index (χ4n) is 14.1. The lowest BCUT2D eigenvalue weighted by atomic mass is 9.84. The van der Waals surface area contributed by atoms with Crippen LogP contribution in [0.4, 0.5) is 0 Å². The van der Waals surface area contributed by atoms with Gasteiger partial charge >= 0.3 is 0 Å². The van der Waals surface area contributed by atoms with Crippen LogP contribution in [0.25, 0.3) is 17.1 Å². The van der Waals surface area contributed by atoms with Gasteiger partial charge in [0, 0.05) is 90.7 Å². The number of ether oxygens (including phenoxy) is 3. The Morgan fingerprint density at radius 1 is 0.427 bits per heavy atom. The average molecular weight is 1220 g/mol. The third kappa shape index (κ3) is 9.60. The van der Waals surface area contributed by atoms with Gasteiger partial charge in [-0.2, -0.15) is 0 Å². The van der Waals surface area contributed by atoms with Crippen LogP contribution < -0.4 is 19.5 Å². The largest absolute Gasteiger partial charge is 0.485 e. The first kappa shape index (κ1) is 55.0. The van der Waals surface area contributed by atoms with Crippen LogP contribution in [0.2, 0.25) is 30.1 Å². The van der Waals surface area contributed by atoms with Crippen LogP contribution in [-0.2, 0) is 19.3 Å². The molecule has 1 unspecified atom stereocenters. The Hall–Kier alpha value is -6.20. The Labute approximate surface area is 505 Å². The second-order valence-corrected chi connectivity index (χ2v) is 24.6. The molecule has 0 spiro atoms. The minimum absolute atomic E-state index is 0.200. The Bertz CT molecular complexity index is 3700. The van der Waals surface area contributed by atoms with Gasteiger partial charge in [0.05, 0.1) is 12.5 Å². The number of benzene rings is 6. The van der Waals surface area contributed by atoms with Gasteiger partial charge in [0.2, 0.25) is 0 Å². The van der Waals surface area contributed by atoms with E-state index >= 15 is 0 Å². The standard InChI is InChI=1S/C62H58Cl6N11O3/c1-32-70-71-33(2)76(32)41-8-14-44(15-9-41)80-60-50-22-38(63)25-54(66)47(50)28-53(60)59-31-69-20-7-21-79(59,57-29-48-51(23-39(64)26-55(48)67)61(57)81-45-16-10-42(11-17-45)77-34(3)72-73-35(77)4)58-30-49-52(24-40(65)27-56(49)68)62(58)82-46-18-12-43(13-19-46)78-36(5)74-75-37(78)6/h8-19,22-27,53,57-62,69H,7,20-21,28-31H2,1-6H3/q+1/t53-,57-,58-,59?,60+,61+,62+/m0/s1. The van der Waals surface area contributed by atoms with E-state index in [1.54, 1.807) is 0 Å². The van der Waals surface area contributed by atoms with Gasteiger partial charge in [-0.1, -0.05) is 69.6 Å². The molecule has 13 rings (SSSR count). The van der Waals surface area contributed by atoms with E-state index in [2.05, 4.69) is 35.9 Å². The van der Waals surface area contributed by atoms with E-state index in [1.165, 1.54) is 0 Å². The first-order valence-corrected chi connectivity index (χ1v) is 29.8. The van der Waals surface area contributed by atoms with E-state index in [0.29, 0.717) is 84.2 Å². The molecule has 420 valence electrons. The van der Waals surface area contributed by atoms with Crippen LogP contribution in [0.1, 0.15) is 93.1 Å². The summed E-state index contributed by atoms with van der Waals surface area (Å²) in [5.74, 6) is 6.58. The van der Waals surface area contributed by atoms with Gasteiger partial charge in [-0.3, -0.25) is 13.7 Å². The normalized spacial score (nSPS) is 21.7. The Balaban J connectivity index is 0.999. The molecule has 1 N–H and O–H groups in total. The van der Waals surface area contributed by atoms with E-state index in [-0.39, 0.29) is 24.0 Å². The topological polar surface area (TPSA) is 132 Å². The second kappa shape index (κ2) is 21.8. The lowest BCUT2D eigenvalue weighted by molar-refractivity contribution is -1.00. The van der Waals surface area contributed by atoms with E-state index in [9.17, 15) is 0 Å². The summed E-state index contributed by atoms with van der Waals surface area (Å²) in [6.07, 6.45) is 0.908. The molecule has 3 aliphatic carbocycles. The molecule has 4 aliphatic rings. The summed E-state index contributed by atoms with van der Waals surface area (Å²) in [5, 5.41) is 33.3. The maximum Gasteiger partial charge on any atom is 0.176 e. The van der Waals surface area contributed by atoms with Gasteiger partial charge in [0.25, 0.3) is 0 Å². The number of halogens is 6. The Morgan fingerprint density at radius 2 is 0.756 bits per heavy atom. The fraction of sp³-hybridized carbons (Fsp3) is 0.323. The highest BCUT2D eigenvalue weighted by Gasteiger charge is 2.64. The summed E-state index contributed by atoms with van der Waals surface area (Å²) < 4.78 is 29.2. The number of nitrogens with one attached hydrogen (secondary N) is 1. The maximum absolute atomic E-state index is 7.59. The van der Waals surface area contributed by atoms with Crippen molar-refractivity contribution in [3.63, 3.8) is 0 Å². The summed E-state index contributed by atoms with van der Waals surface area (Å²) in [7, 11) is 0. The highest BCUT2D eigenvalue weighted by atomic mass is 35.5. The minimum Gasteiger partial charge on any atom is -0.485 e. The van der Waals surface area contributed by atoms with Gasteiger partial charge in [0.15, 0.2) is 12.2 Å². The number of aryl methyl sites for hydroxylation is 6. The monoisotopic (exact) mass is 1210 g/mol. The molecule has 14 nitrogen and oxygen atoms in total. The molecule has 1 fully saturated rings. The molecule has 0 radical (unpaired) electrons. The van der Waals surface area contributed by atoms with Crippen LogP contribution in [0.5, 0.6) is 17.2 Å². The van der Waals surface area contributed by atoms with Crippen molar-refractivity contribution in [2.24, 2.45) is 5.92 Å². The van der Waals surface area contributed by atoms with Crippen molar-refractivity contribution in [3.8, 4) is 34.3 Å². The third-order valence-corrected chi connectivity index (χ3v) is 19.2. The maximum atomic E-state index is 7.59. The predicted molar refractivity (Wildman–Crippen MR) is 321 cm³/mol. The van der Waals surface area contributed by atoms with E-state index in [1.807, 2.05) is 164 Å². The quantitative estimate of drug-likeness (QED) is 0.118. The lowest BCUT2D eigenvalue weighted by Crippen LogP contribution is -2.72. The molecule has 0 amide bonds. The minimum atomic E-state index is -0.563. The van der Waals surface area contributed by atoms with Crippen molar-refractivity contribution in [2.45, 2.75) is 104 Å². The summed E-state index contributed by atoms with van der Waals surface area (Å²) in [6.45, 7) is 13.8. The smallest absolute Gasteiger partial charge is 0.176 e. The average Bonchev–Trinajstić information content (AvgIpc) is 4.25. The number of quaternary nitrogens is 1. The molecular weight excluding hydrogens is 1160 g/mol. The molecule has 3 aromatic heterocycles. The Morgan fingerprint density at radius 3 is 1.12 bits per heavy atom. The zero-order valence-electron chi connectivity index (χ0n) is 45.8. The van der Waals surface area contributed by atoms with Crippen LogP contribution in [-0.4, -0.2) is 86.5 Å². The zero-order valence-corrected chi connectivity index (χ0v) is 50.4. The third-order valence-electron chi connectivity index (χ3n) is 17.5.